The third kappa shape index (κ3) is 3.00. The quantitative estimate of drug-likeness (QED) is 0.553. The largest absolute Gasteiger partial charge is 0.534 e. The van der Waals surface area contributed by atoms with Crippen molar-refractivity contribution < 1.29 is 24.0 Å². The zero-order valence-electron chi connectivity index (χ0n) is 10.4. The summed E-state index contributed by atoms with van der Waals surface area (Å²) in [7, 11) is 0. The Morgan fingerprint density at radius 2 is 2.00 bits per heavy atom. The van der Waals surface area contributed by atoms with Crippen LogP contribution in [0, 0.1) is 5.92 Å². The minimum absolute atomic E-state index is 0.0919. The lowest BCUT2D eigenvalue weighted by Gasteiger charge is -2.12. The van der Waals surface area contributed by atoms with E-state index in [0.717, 1.165) is 25.7 Å². The molecule has 18 heavy (non-hydrogen) atoms. The highest BCUT2D eigenvalue weighted by atomic mass is 16.8. The standard InChI is InChI=1S/C12H17NO5/c1-2-3-4-8-7-9(8)17-12(16)18-13-10(14)5-6-11(13)15/h8-9H,2-7H2,1H3/t8-,9-/m1/s1. The Bertz CT molecular complexity index is 351. The number of amides is 2. The third-order valence-electron chi connectivity index (χ3n) is 3.21. The van der Waals surface area contributed by atoms with Gasteiger partial charge in [-0.1, -0.05) is 24.8 Å². The van der Waals surface area contributed by atoms with Crippen LogP contribution in [0.1, 0.15) is 45.4 Å². The van der Waals surface area contributed by atoms with E-state index < -0.39 is 18.0 Å². The first-order chi connectivity index (χ1) is 8.61. The molecule has 6 heteroatoms. The highest BCUT2D eigenvalue weighted by Gasteiger charge is 2.42. The molecule has 0 radical (unpaired) electrons. The first kappa shape index (κ1) is 12.9. The van der Waals surface area contributed by atoms with E-state index in [1.807, 2.05) is 0 Å². The van der Waals surface area contributed by atoms with Crippen molar-refractivity contribution in [1.29, 1.82) is 0 Å². The summed E-state index contributed by atoms with van der Waals surface area (Å²) in [4.78, 5) is 38.4. The molecule has 1 heterocycles. The van der Waals surface area contributed by atoms with E-state index in [2.05, 4.69) is 11.8 Å². The summed E-state index contributed by atoms with van der Waals surface area (Å²) in [6, 6.07) is 0. The van der Waals surface area contributed by atoms with Crippen LogP contribution in [-0.4, -0.2) is 29.1 Å². The number of hydrogen-bond donors (Lipinski definition) is 0. The van der Waals surface area contributed by atoms with E-state index in [1.165, 1.54) is 0 Å². The lowest BCUT2D eigenvalue weighted by atomic mass is 10.2. The van der Waals surface area contributed by atoms with E-state index in [-0.39, 0.29) is 18.9 Å². The van der Waals surface area contributed by atoms with Crippen molar-refractivity contribution >= 4 is 18.0 Å². The predicted octanol–water partition coefficient (Wildman–Crippen LogP) is 1.78. The Morgan fingerprint density at radius 1 is 1.33 bits per heavy atom. The van der Waals surface area contributed by atoms with E-state index in [4.69, 9.17) is 4.74 Å². The summed E-state index contributed by atoms with van der Waals surface area (Å²) in [5, 5.41) is 0.506. The summed E-state index contributed by atoms with van der Waals surface area (Å²) < 4.78 is 5.02. The molecular formula is C12H17NO5. The van der Waals surface area contributed by atoms with Gasteiger partial charge in [0.15, 0.2) is 0 Å². The highest BCUT2D eigenvalue weighted by molar-refractivity contribution is 6.01. The van der Waals surface area contributed by atoms with Crippen LogP contribution in [0.5, 0.6) is 0 Å². The van der Waals surface area contributed by atoms with Gasteiger partial charge in [-0.3, -0.25) is 14.4 Å². The van der Waals surface area contributed by atoms with Crippen molar-refractivity contribution in [3.8, 4) is 0 Å². The third-order valence-corrected chi connectivity index (χ3v) is 3.21. The van der Waals surface area contributed by atoms with Crippen LogP contribution in [0.3, 0.4) is 0 Å². The van der Waals surface area contributed by atoms with Gasteiger partial charge >= 0.3 is 6.16 Å². The molecule has 2 aliphatic rings. The van der Waals surface area contributed by atoms with Gasteiger partial charge < -0.3 is 4.74 Å². The van der Waals surface area contributed by atoms with Crippen LogP contribution >= 0.6 is 0 Å². The van der Waals surface area contributed by atoms with Crippen molar-refractivity contribution in [3.63, 3.8) is 0 Å². The molecule has 0 aromatic carbocycles. The van der Waals surface area contributed by atoms with E-state index >= 15 is 0 Å². The summed E-state index contributed by atoms with van der Waals surface area (Å²) in [5.74, 6) is -0.576. The van der Waals surface area contributed by atoms with Gasteiger partial charge in [0.05, 0.1) is 0 Å². The molecule has 100 valence electrons. The van der Waals surface area contributed by atoms with Crippen LogP contribution in [0.25, 0.3) is 0 Å². The van der Waals surface area contributed by atoms with Crippen LogP contribution < -0.4 is 0 Å². The molecule has 2 amide bonds. The van der Waals surface area contributed by atoms with E-state index in [9.17, 15) is 14.4 Å². The van der Waals surface area contributed by atoms with Crippen molar-refractivity contribution in [1.82, 2.24) is 5.06 Å². The van der Waals surface area contributed by atoms with Gasteiger partial charge in [-0.05, 0) is 18.8 Å². The maximum atomic E-state index is 11.4. The fourth-order valence-electron chi connectivity index (χ4n) is 2.01. The molecule has 0 N–H and O–H groups in total. The summed E-state index contributed by atoms with van der Waals surface area (Å²) in [6.07, 6.45) is 3.23. The van der Waals surface area contributed by atoms with Crippen LogP contribution in [0.15, 0.2) is 0 Å². The Labute approximate surface area is 105 Å². The van der Waals surface area contributed by atoms with Gasteiger partial charge in [-0.2, -0.15) is 0 Å². The van der Waals surface area contributed by atoms with E-state index in [0.29, 0.717) is 11.0 Å². The molecule has 0 aromatic heterocycles. The Kier molecular flexibility index (Phi) is 3.84. The van der Waals surface area contributed by atoms with Gasteiger partial charge in [-0.25, -0.2) is 4.79 Å². The second-order valence-corrected chi connectivity index (χ2v) is 4.72. The van der Waals surface area contributed by atoms with Crippen molar-refractivity contribution in [2.75, 3.05) is 0 Å². The first-order valence-electron chi connectivity index (χ1n) is 6.36. The monoisotopic (exact) mass is 255 g/mol. The van der Waals surface area contributed by atoms with Crippen LogP contribution in [0.2, 0.25) is 0 Å². The molecule has 2 atom stereocenters. The van der Waals surface area contributed by atoms with Crippen LogP contribution in [-0.2, 0) is 19.2 Å². The fourth-order valence-corrected chi connectivity index (χ4v) is 2.01. The number of rotatable bonds is 5. The van der Waals surface area contributed by atoms with Gasteiger partial charge in [0.2, 0.25) is 0 Å². The molecule has 1 aliphatic carbocycles. The zero-order chi connectivity index (χ0) is 13.1. The van der Waals surface area contributed by atoms with Gasteiger partial charge in [0.25, 0.3) is 11.8 Å². The molecule has 2 rings (SSSR count). The number of carbonyl (C=O) groups excluding carboxylic acids is 3. The minimum atomic E-state index is -0.956. The number of unbranched alkanes of at least 4 members (excludes halogenated alkanes) is 1. The predicted molar refractivity (Wildman–Crippen MR) is 60.1 cm³/mol. The molecule has 6 nitrogen and oxygen atoms in total. The van der Waals surface area contributed by atoms with E-state index in [1.54, 1.807) is 0 Å². The number of imide groups is 1. The average Bonchev–Trinajstić information content (AvgIpc) is 3.00. The Hall–Kier alpha value is -1.59. The lowest BCUT2D eigenvalue weighted by molar-refractivity contribution is -0.177. The van der Waals surface area contributed by atoms with Gasteiger partial charge in [0.1, 0.15) is 6.10 Å². The molecule has 0 bridgehead atoms. The molecule has 1 saturated carbocycles. The second-order valence-electron chi connectivity index (χ2n) is 4.72. The topological polar surface area (TPSA) is 72.9 Å². The molecular weight excluding hydrogens is 238 g/mol. The maximum absolute atomic E-state index is 11.4. The van der Waals surface area contributed by atoms with Crippen molar-refractivity contribution in [2.24, 2.45) is 5.92 Å². The zero-order valence-corrected chi connectivity index (χ0v) is 10.4. The SMILES string of the molecule is CCCC[C@@H]1C[C@H]1OC(=O)ON1C(=O)CCC1=O. The Balaban J connectivity index is 1.70. The minimum Gasteiger partial charge on any atom is -0.429 e. The number of carbonyl (C=O) groups is 3. The fraction of sp³-hybridized carbons (Fsp3) is 0.750. The molecule has 0 unspecified atom stereocenters. The van der Waals surface area contributed by atoms with Crippen LogP contribution in [0.4, 0.5) is 4.79 Å². The normalized spacial score (nSPS) is 26.4. The second kappa shape index (κ2) is 5.37. The molecule has 0 aromatic rings. The first-order valence-corrected chi connectivity index (χ1v) is 6.36. The van der Waals surface area contributed by atoms with Gasteiger partial charge in [-0.15, -0.1) is 0 Å². The molecule has 1 saturated heterocycles. The molecule has 0 spiro atoms. The smallest absolute Gasteiger partial charge is 0.429 e. The number of ether oxygens (including phenoxy) is 1. The number of nitrogens with zero attached hydrogens (tertiary/aromatic N) is 1. The summed E-state index contributed by atoms with van der Waals surface area (Å²) in [6.45, 7) is 2.11. The average molecular weight is 255 g/mol. The maximum Gasteiger partial charge on any atom is 0.534 e. The Morgan fingerprint density at radius 3 is 2.61 bits per heavy atom. The van der Waals surface area contributed by atoms with Gasteiger partial charge in [0, 0.05) is 12.8 Å². The van der Waals surface area contributed by atoms with Crippen molar-refractivity contribution in [2.45, 2.75) is 51.6 Å². The summed E-state index contributed by atoms with van der Waals surface area (Å²) in [5.41, 5.74) is 0. The lowest BCUT2D eigenvalue weighted by Crippen LogP contribution is -2.32. The number of hydrogen-bond acceptors (Lipinski definition) is 5. The molecule has 2 fully saturated rings. The summed E-state index contributed by atoms with van der Waals surface area (Å²) >= 11 is 0. The van der Waals surface area contributed by atoms with Crippen molar-refractivity contribution in [3.05, 3.63) is 0 Å². The number of hydroxylamine groups is 2. The molecule has 1 aliphatic heterocycles. The highest BCUT2D eigenvalue weighted by Crippen LogP contribution is 2.38.